The second-order valence-corrected chi connectivity index (χ2v) is 7.20. The van der Waals surface area contributed by atoms with Crippen LogP contribution in [-0.2, 0) is 15.7 Å². The lowest BCUT2D eigenvalue weighted by Gasteiger charge is -2.19. The van der Waals surface area contributed by atoms with E-state index in [9.17, 15) is 22.8 Å². The van der Waals surface area contributed by atoms with Crippen LogP contribution in [0.25, 0.3) is 0 Å². The Morgan fingerprint density at radius 3 is 2.50 bits per heavy atom. The number of nitrogens with one attached hydrogen (secondary N) is 1. The minimum atomic E-state index is -4.48. The topological polar surface area (TPSA) is 58.6 Å². The van der Waals surface area contributed by atoms with E-state index in [1.54, 1.807) is 36.4 Å². The first-order valence-electron chi connectivity index (χ1n) is 9.59. The van der Waals surface area contributed by atoms with Crippen LogP contribution in [0, 0.1) is 5.92 Å². The van der Waals surface area contributed by atoms with E-state index in [0.717, 1.165) is 12.1 Å². The highest BCUT2D eigenvalue weighted by Crippen LogP contribution is 2.37. The van der Waals surface area contributed by atoms with Crippen LogP contribution in [0.3, 0.4) is 0 Å². The van der Waals surface area contributed by atoms with E-state index in [4.69, 9.17) is 4.74 Å². The van der Waals surface area contributed by atoms with Gasteiger partial charge in [0.1, 0.15) is 0 Å². The van der Waals surface area contributed by atoms with Gasteiger partial charge in [0, 0.05) is 38.2 Å². The van der Waals surface area contributed by atoms with Crippen molar-refractivity contribution in [2.75, 3.05) is 33.4 Å². The largest absolute Gasteiger partial charge is 0.416 e. The van der Waals surface area contributed by atoms with E-state index in [2.05, 4.69) is 5.32 Å². The van der Waals surface area contributed by atoms with E-state index in [0.29, 0.717) is 17.7 Å². The number of nitrogens with zero attached hydrogens (tertiary/aromatic N) is 1. The molecule has 5 nitrogen and oxygen atoms in total. The Labute approximate surface area is 172 Å². The van der Waals surface area contributed by atoms with Crippen molar-refractivity contribution in [3.05, 3.63) is 71.3 Å². The molecule has 0 bridgehead atoms. The molecule has 0 aromatic heterocycles. The van der Waals surface area contributed by atoms with Crippen molar-refractivity contribution >= 4 is 11.8 Å². The fourth-order valence-electron chi connectivity index (χ4n) is 3.69. The number of benzene rings is 2. The summed E-state index contributed by atoms with van der Waals surface area (Å²) in [5.74, 6) is -1.75. The second-order valence-electron chi connectivity index (χ2n) is 7.20. The van der Waals surface area contributed by atoms with Gasteiger partial charge in [0.2, 0.25) is 5.91 Å². The molecule has 8 heteroatoms. The number of carbonyl (C=O) groups excluding carboxylic acids is 2. The molecule has 1 aliphatic heterocycles. The van der Waals surface area contributed by atoms with Crippen molar-refractivity contribution in [3.63, 3.8) is 0 Å². The first-order valence-corrected chi connectivity index (χ1v) is 9.59. The van der Waals surface area contributed by atoms with Crippen molar-refractivity contribution in [3.8, 4) is 0 Å². The SMILES string of the molecule is COCCNC(=O)C1CN(C(=O)c2ccccc2)CC1c1cccc(C(F)(F)F)c1. The maximum atomic E-state index is 13.2. The van der Waals surface area contributed by atoms with Crippen molar-refractivity contribution in [2.24, 2.45) is 5.92 Å². The third-order valence-electron chi connectivity index (χ3n) is 5.21. The third kappa shape index (κ3) is 4.99. The van der Waals surface area contributed by atoms with Crippen LogP contribution in [0.4, 0.5) is 13.2 Å². The molecule has 2 aromatic carbocycles. The molecule has 160 valence electrons. The van der Waals surface area contributed by atoms with Gasteiger partial charge in [-0.2, -0.15) is 13.2 Å². The summed E-state index contributed by atoms with van der Waals surface area (Å²) in [6, 6.07) is 13.6. The summed E-state index contributed by atoms with van der Waals surface area (Å²) in [6.07, 6.45) is -4.48. The third-order valence-corrected chi connectivity index (χ3v) is 5.21. The highest BCUT2D eigenvalue weighted by atomic mass is 19.4. The van der Waals surface area contributed by atoms with E-state index >= 15 is 0 Å². The normalized spacial score (nSPS) is 19.0. The van der Waals surface area contributed by atoms with Crippen LogP contribution < -0.4 is 5.32 Å². The first kappa shape index (κ1) is 21.8. The number of likely N-dealkylation sites (tertiary alicyclic amines) is 1. The molecule has 1 fully saturated rings. The number of hydrogen-bond donors (Lipinski definition) is 1. The monoisotopic (exact) mass is 420 g/mol. The number of methoxy groups -OCH3 is 1. The summed E-state index contributed by atoms with van der Waals surface area (Å²) in [5.41, 5.74) is 0.0900. The Balaban J connectivity index is 1.87. The smallest absolute Gasteiger partial charge is 0.383 e. The Bertz CT molecular complexity index is 887. The zero-order valence-corrected chi connectivity index (χ0v) is 16.5. The maximum absolute atomic E-state index is 13.2. The Morgan fingerprint density at radius 2 is 1.83 bits per heavy atom. The van der Waals surface area contributed by atoms with E-state index in [-0.39, 0.29) is 31.4 Å². The fourth-order valence-corrected chi connectivity index (χ4v) is 3.69. The zero-order valence-electron chi connectivity index (χ0n) is 16.5. The summed E-state index contributed by atoms with van der Waals surface area (Å²) in [6.45, 7) is 0.901. The first-order chi connectivity index (χ1) is 14.3. The predicted octanol–water partition coefficient (Wildman–Crippen LogP) is 3.32. The highest BCUT2D eigenvalue weighted by Gasteiger charge is 2.41. The number of carbonyl (C=O) groups is 2. The second kappa shape index (κ2) is 9.30. The van der Waals surface area contributed by atoms with Gasteiger partial charge in [0.25, 0.3) is 5.91 Å². The van der Waals surface area contributed by atoms with Crippen LogP contribution >= 0.6 is 0 Å². The summed E-state index contributed by atoms with van der Waals surface area (Å²) in [4.78, 5) is 27.2. The lowest BCUT2D eigenvalue weighted by atomic mass is 9.87. The van der Waals surface area contributed by atoms with E-state index < -0.39 is 23.6 Å². The molecule has 3 rings (SSSR count). The minimum absolute atomic E-state index is 0.132. The van der Waals surface area contributed by atoms with Crippen molar-refractivity contribution in [2.45, 2.75) is 12.1 Å². The quantitative estimate of drug-likeness (QED) is 0.730. The van der Waals surface area contributed by atoms with Gasteiger partial charge >= 0.3 is 6.18 Å². The van der Waals surface area contributed by atoms with Gasteiger partial charge in [-0.1, -0.05) is 36.4 Å². The van der Waals surface area contributed by atoms with Gasteiger partial charge in [-0.25, -0.2) is 0 Å². The molecule has 1 aliphatic rings. The number of rotatable bonds is 6. The average Bonchev–Trinajstić information content (AvgIpc) is 3.19. The predicted molar refractivity (Wildman–Crippen MR) is 105 cm³/mol. The molecular formula is C22H23F3N2O3. The Hall–Kier alpha value is -2.87. The van der Waals surface area contributed by atoms with Gasteiger partial charge in [0.05, 0.1) is 18.1 Å². The van der Waals surface area contributed by atoms with Crippen LogP contribution in [0.15, 0.2) is 54.6 Å². The molecule has 2 atom stereocenters. The number of hydrogen-bond acceptors (Lipinski definition) is 3. The lowest BCUT2D eigenvalue weighted by Crippen LogP contribution is -2.37. The van der Waals surface area contributed by atoms with E-state index in [1.165, 1.54) is 18.1 Å². The minimum Gasteiger partial charge on any atom is -0.383 e. The lowest BCUT2D eigenvalue weighted by molar-refractivity contribution is -0.137. The average molecular weight is 420 g/mol. The summed E-state index contributed by atoms with van der Waals surface area (Å²) < 4.78 is 44.5. The molecule has 2 amide bonds. The van der Waals surface area contributed by atoms with Crippen molar-refractivity contribution < 1.29 is 27.5 Å². The van der Waals surface area contributed by atoms with Crippen LogP contribution in [0.5, 0.6) is 0 Å². The molecule has 1 N–H and O–H groups in total. The fraction of sp³-hybridized carbons (Fsp3) is 0.364. The van der Waals surface area contributed by atoms with Gasteiger partial charge in [0.15, 0.2) is 0 Å². The standard InChI is InChI=1S/C22H23F3N2O3/c1-30-11-10-26-20(28)19-14-27(21(29)15-6-3-2-4-7-15)13-18(19)16-8-5-9-17(12-16)22(23,24)25/h2-9,12,18-19H,10-11,13-14H2,1H3,(H,26,28). The van der Waals surface area contributed by atoms with Crippen LogP contribution in [0.2, 0.25) is 0 Å². The summed E-state index contributed by atoms with van der Waals surface area (Å²) in [5, 5.41) is 2.75. The Kier molecular flexibility index (Phi) is 6.77. The molecule has 0 radical (unpaired) electrons. The molecule has 0 spiro atoms. The molecule has 1 heterocycles. The highest BCUT2D eigenvalue weighted by molar-refractivity contribution is 5.95. The molecule has 2 aromatic rings. The van der Waals surface area contributed by atoms with Crippen LogP contribution in [0.1, 0.15) is 27.4 Å². The van der Waals surface area contributed by atoms with Gasteiger partial charge in [-0.05, 0) is 23.8 Å². The summed E-state index contributed by atoms with van der Waals surface area (Å²) >= 11 is 0. The molecular weight excluding hydrogens is 397 g/mol. The molecule has 0 aliphatic carbocycles. The number of halogens is 3. The zero-order chi connectivity index (χ0) is 21.7. The van der Waals surface area contributed by atoms with Gasteiger partial charge in [-0.15, -0.1) is 0 Å². The maximum Gasteiger partial charge on any atom is 0.416 e. The van der Waals surface area contributed by atoms with Gasteiger partial charge in [-0.3, -0.25) is 9.59 Å². The molecule has 30 heavy (non-hydrogen) atoms. The molecule has 1 saturated heterocycles. The molecule has 0 saturated carbocycles. The number of amides is 2. The number of alkyl halides is 3. The van der Waals surface area contributed by atoms with E-state index in [1.807, 2.05) is 0 Å². The number of ether oxygens (including phenoxy) is 1. The van der Waals surface area contributed by atoms with Crippen molar-refractivity contribution in [1.29, 1.82) is 0 Å². The summed E-state index contributed by atoms with van der Waals surface area (Å²) in [7, 11) is 1.51. The molecule has 2 unspecified atom stereocenters. The van der Waals surface area contributed by atoms with Crippen LogP contribution in [-0.4, -0.2) is 50.1 Å². The Morgan fingerprint density at radius 1 is 1.10 bits per heavy atom. The van der Waals surface area contributed by atoms with Gasteiger partial charge < -0.3 is 15.0 Å². The van der Waals surface area contributed by atoms with Crippen molar-refractivity contribution in [1.82, 2.24) is 10.2 Å².